The van der Waals surface area contributed by atoms with E-state index < -0.39 is 11.6 Å². The molecule has 0 aliphatic heterocycles. The second-order valence-electron chi connectivity index (χ2n) is 5.79. The van der Waals surface area contributed by atoms with Gasteiger partial charge in [-0.15, -0.1) is 10.2 Å². The molecule has 0 fully saturated rings. The molecule has 1 aromatic heterocycles. The second-order valence-corrected chi connectivity index (χ2v) is 6.63. The Morgan fingerprint density at radius 1 is 1.00 bits per heavy atom. The molecule has 0 saturated carbocycles. The number of nitrogens with zero attached hydrogens (tertiary/aromatic N) is 2. The standard InChI is InChI=1S/C20H14Cl2F2N4/c21-13-1-5-16(22)12(11-13)9-10-26-18-7-6-17(23)15(20(18)24)4-2-14-3-8-19(25)28-27-14/h1,3,5-8,11,26H,9-10H2,(H2,25,28). The van der Waals surface area contributed by atoms with E-state index in [1.807, 2.05) is 0 Å². The topological polar surface area (TPSA) is 63.8 Å². The van der Waals surface area contributed by atoms with Gasteiger partial charge >= 0.3 is 0 Å². The van der Waals surface area contributed by atoms with Crippen LogP contribution in [0.15, 0.2) is 42.5 Å². The van der Waals surface area contributed by atoms with E-state index in [4.69, 9.17) is 28.9 Å². The van der Waals surface area contributed by atoms with Crippen LogP contribution < -0.4 is 11.1 Å². The molecule has 0 unspecified atom stereocenters. The number of rotatable bonds is 4. The number of anilines is 2. The summed E-state index contributed by atoms with van der Waals surface area (Å²) in [4.78, 5) is 0. The summed E-state index contributed by atoms with van der Waals surface area (Å²) >= 11 is 12.1. The van der Waals surface area contributed by atoms with E-state index in [-0.39, 0.29) is 22.8 Å². The van der Waals surface area contributed by atoms with Gasteiger partial charge in [0.15, 0.2) is 5.82 Å². The van der Waals surface area contributed by atoms with Crippen molar-refractivity contribution in [3.8, 4) is 11.8 Å². The van der Waals surface area contributed by atoms with Gasteiger partial charge in [-0.1, -0.05) is 29.1 Å². The van der Waals surface area contributed by atoms with Crippen LogP contribution in [0.2, 0.25) is 10.0 Å². The first-order chi connectivity index (χ1) is 13.4. The zero-order chi connectivity index (χ0) is 20.1. The second kappa shape index (κ2) is 8.87. The Kier molecular flexibility index (Phi) is 6.30. The predicted molar refractivity (Wildman–Crippen MR) is 107 cm³/mol. The lowest BCUT2D eigenvalue weighted by molar-refractivity contribution is 0.579. The van der Waals surface area contributed by atoms with Gasteiger partial charge in [0.2, 0.25) is 0 Å². The van der Waals surface area contributed by atoms with E-state index in [9.17, 15) is 8.78 Å². The molecule has 2 aromatic carbocycles. The monoisotopic (exact) mass is 418 g/mol. The molecular weight excluding hydrogens is 405 g/mol. The van der Waals surface area contributed by atoms with Crippen molar-refractivity contribution in [1.82, 2.24) is 10.2 Å². The number of halogens is 4. The van der Waals surface area contributed by atoms with Gasteiger partial charge in [-0.05, 0) is 60.4 Å². The van der Waals surface area contributed by atoms with E-state index in [2.05, 4.69) is 27.4 Å². The summed E-state index contributed by atoms with van der Waals surface area (Å²) in [6.07, 6.45) is 0.512. The van der Waals surface area contributed by atoms with Gasteiger partial charge in [-0.3, -0.25) is 0 Å². The number of nitrogen functional groups attached to an aromatic ring is 1. The molecule has 1 heterocycles. The Morgan fingerprint density at radius 3 is 2.57 bits per heavy atom. The maximum absolute atomic E-state index is 14.7. The fraction of sp³-hybridized carbons (Fsp3) is 0.100. The first kappa shape index (κ1) is 19.9. The molecule has 0 radical (unpaired) electrons. The molecule has 8 heteroatoms. The highest BCUT2D eigenvalue weighted by Crippen LogP contribution is 2.23. The zero-order valence-corrected chi connectivity index (χ0v) is 16.0. The minimum atomic E-state index is -0.784. The van der Waals surface area contributed by atoms with Gasteiger partial charge in [0.1, 0.15) is 17.3 Å². The molecule has 0 saturated heterocycles. The SMILES string of the molecule is Nc1ccc(C#Cc2c(F)ccc(NCCc3cc(Cl)ccc3Cl)c2F)nn1. The Morgan fingerprint density at radius 2 is 1.82 bits per heavy atom. The molecule has 3 aromatic rings. The highest BCUT2D eigenvalue weighted by Gasteiger charge is 2.12. The largest absolute Gasteiger partial charge is 0.382 e. The van der Waals surface area contributed by atoms with Gasteiger partial charge < -0.3 is 11.1 Å². The van der Waals surface area contributed by atoms with Crippen LogP contribution in [0.5, 0.6) is 0 Å². The van der Waals surface area contributed by atoms with E-state index in [0.717, 1.165) is 11.6 Å². The Hall–Kier alpha value is -2.88. The number of aromatic nitrogens is 2. The van der Waals surface area contributed by atoms with Gasteiger partial charge in [-0.2, -0.15) is 0 Å². The van der Waals surface area contributed by atoms with Crippen LogP contribution in [-0.4, -0.2) is 16.7 Å². The molecule has 0 bridgehead atoms. The summed E-state index contributed by atoms with van der Waals surface area (Å²) in [6.45, 7) is 0.374. The third-order valence-corrected chi connectivity index (χ3v) is 4.41. The Labute approximate surface area is 170 Å². The van der Waals surface area contributed by atoms with Gasteiger partial charge in [0.05, 0.1) is 11.3 Å². The molecule has 28 heavy (non-hydrogen) atoms. The highest BCUT2D eigenvalue weighted by atomic mass is 35.5. The molecule has 0 amide bonds. The first-order valence-electron chi connectivity index (χ1n) is 8.21. The lowest BCUT2D eigenvalue weighted by Gasteiger charge is -2.10. The highest BCUT2D eigenvalue weighted by molar-refractivity contribution is 6.33. The summed E-state index contributed by atoms with van der Waals surface area (Å²) in [5.41, 5.74) is 6.29. The van der Waals surface area contributed by atoms with Crippen molar-refractivity contribution in [2.75, 3.05) is 17.6 Å². The first-order valence-corrected chi connectivity index (χ1v) is 8.96. The molecule has 3 N–H and O–H groups in total. The molecule has 3 rings (SSSR count). The van der Waals surface area contributed by atoms with E-state index in [1.165, 1.54) is 18.2 Å². The number of hydrogen-bond donors (Lipinski definition) is 2. The molecule has 0 aliphatic rings. The fourth-order valence-electron chi connectivity index (χ4n) is 2.41. The van der Waals surface area contributed by atoms with Crippen molar-refractivity contribution < 1.29 is 8.78 Å². The van der Waals surface area contributed by atoms with Crippen molar-refractivity contribution in [2.24, 2.45) is 0 Å². The number of benzene rings is 2. The number of nitrogens with one attached hydrogen (secondary N) is 1. The Balaban J connectivity index is 1.75. The van der Waals surface area contributed by atoms with Crippen molar-refractivity contribution >= 4 is 34.7 Å². The maximum Gasteiger partial charge on any atom is 0.164 e. The van der Waals surface area contributed by atoms with Gasteiger partial charge in [-0.25, -0.2) is 8.78 Å². The third-order valence-electron chi connectivity index (χ3n) is 3.81. The van der Waals surface area contributed by atoms with Crippen LogP contribution in [0.4, 0.5) is 20.3 Å². The molecule has 0 atom stereocenters. The normalized spacial score (nSPS) is 10.3. The third kappa shape index (κ3) is 4.89. The summed E-state index contributed by atoms with van der Waals surface area (Å²) in [5, 5.41) is 11.4. The van der Waals surface area contributed by atoms with Crippen LogP contribution in [0, 0.1) is 23.5 Å². The molecule has 0 spiro atoms. The number of hydrogen-bond acceptors (Lipinski definition) is 4. The summed E-state index contributed by atoms with van der Waals surface area (Å²) in [7, 11) is 0. The van der Waals surface area contributed by atoms with Crippen molar-refractivity contribution in [1.29, 1.82) is 0 Å². The molecule has 142 valence electrons. The van der Waals surface area contributed by atoms with Gasteiger partial charge in [0, 0.05) is 16.6 Å². The summed E-state index contributed by atoms with van der Waals surface area (Å²) in [5.74, 6) is 3.71. The smallest absolute Gasteiger partial charge is 0.164 e. The van der Waals surface area contributed by atoms with E-state index in [0.29, 0.717) is 23.0 Å². The van der Waals surface area contributed by atoms with Crippen LogP contribution in [0.1, 0.15) is 16.8 Å². The molecular formula is C20H14Cl2F2N4. The van der Waals surface area contributed by atoms with E-state index in [1.54, 1.807) is 18.2 Å². The Bertz CT molecular complexity index is 1060. The average molecular weight is 419 g/mol. The summed E-state index contributed by atoms with van der Waals surface area (Å²) < 4.78 is 28.7. The van der Waals surface area contributed by atoms with Crippen LogP contribution >= 0.6 is 23.2 Å². The lowest BCUT2D eigenvalue weighted by atomic mass is 10.1. The minimum Gasteiger partial charge on any atom is -0.382 e. The van der Waals surface area contributed by atoms with E-state index >= 15 is 0 Å². The van der Waals surface area contributed by atoms with Crippen LogP contribution in [0.25, 0.3) is 0 Å². The fourth-order valence-corrected chi connectivity index (χ4v) is 2.81. The van der Waals surface area contributed by atoms with Gasteiger partial charge in [0.25, 0.3) is 0 Å². The minimum absolute atomic E-state index is 0.132. The van der Waals surface area contributed by atoms with Crippen molar-refractivity contribution in [3.63, 3.8) is 0 Å². The lowest BCUT2D eigenvalue weighted by Crippen LogP contribution is -2.08. The summed E-state index contributed by atoms with van der Waals surface area (Å²) in [6, 6.07) is 10.6. The molecule has 0 aliphatic carbocycles. The molecule has 4 nitrogen and oxygen atoms in total. The quantitative estimate of drug-likeness (QED) is 0.602. The maximum atomic E-state index is 14.7. The predicted octanol–water partition coefficient (Wildman–Crippen LogP) is 4.70. The zero-order valence-electron chi connectivity index (χ0n) is 14.4. The number of nitrogens with two attached hydrogens (primary N) is 1. The average Bonchev–Trinajstić information content (AvgIpc) is 2.67. The van der Waals surface area contributed by atoms with Crippen molar-refractivity contribution in [3.05, 3.63) is 81.0 Å². The van der Waals surface area contributed by atoms with Crippen LogP contribution in [0.3, 0.4) is 0 Å². The van der Waals surface area contributed by atoms with Crippen LogP contribution in [-0.2, 0) is 6.42 Å². The van der Waals surface area contributed by atoms with Crippen molar-refractivity contribution in [2.45, 2.75) is 6.42 Å².